The summed E-state index contributed by atoms with van der Waals surface area (Å²) < 4.78 is 10.2. The van der Waals surface area contributed by atoms with E-state index in [2.05, 4.69) is 32.4 Å². The summed E-state index contributed by atoms with van der Waals surface area (Å²) in [5.41, 5.74) is 2.97. The number of methoxy groups -OCH3 is 2. The zero-order chi connectivity index (χ0) is 17.5. The maximum Gasteiger partial charge on any atom is 0.212 e. The fraction of sp³-hybridized carbons (Fsp3) is 0.211. The molecule has 6 heteroatoms. The average Bonchev–Trinajstić information content (AvgIpc) is 2.69. The molecular formula is C19H20N4O2. The molecule has 1 N–H and O–H groups in total. The highest BCUT2D eigenvalue weighted by Gasteiger charge is 2.03. The number of nitrogens with zero attached hydrogens (tertiary/aromatic N) is 3. The first-order valence-corrected chi connectivity index (χ1v) is 7.98. The number of nitrogens with one attached hydrogen (secondary N) is 1. The summed E-state index contributed by atoms with van der Waals surface area (Å²) in [5, 5.41) is 3.33. The van der Waals surface area contributed by atoms with Gasteiger partial charge < -0.3 is 14.8 Å². The minimum absolute atomic E-state index is 0.579. The SMILES string of the molecule is COc1ccc(CCNc2cc(-c3ccc(OC)nc3)ncn2)cc1. The molecule has 0 amide bonds. The number of pyridine rings is 1. The molecule has 3 aromatic rings. The van der Waals surface area contributed by atoms with Gasteiger partial charge in [-0.1, -0.05) is 12.1 Å². The van der Waals surface area contributed by atoms with Gasteiger partial charge in [0, 0.05) is 30.4 Å². The molecule has 0 spiro atoms. The Morgan fingerprint density at radius 2 is 1.76 bits per heavy atom. The van der Waals surface area contributed by atoms with Crippen molar-refractivity contribution >= 4 is 5.82 Å². The van der Waals surface area contributed by atoms with Crippen molar-refractivity contribution in [3.05, 3.63) is 60.6 Å². The van der Waals surface area contributed by atoms with Crippen molar-refractivity contribution in [2.45, 2.75) is 6.42 Å². The van der Waals surface area contributed by atoms with E-state index >= 15 is 0 Å². The summed E-state index contributed by atoms with van der Waals surface area (Å²) in [4.78, 5) is 12.8. The Labute approximate surface area is 146 Å². The van der Waals surface area contributed by atoms with Gasteiger partial charge in [-0.05, 0) is 30.2 Å². The first kappa shape index (κ1) is 16.7. The molecule has 0 unspecified atom stereocenters. The van der Waals surface area contributed by atoms with Crippen LogP contribution in [0.1, 0.15) is 5.56 Å². The van der Waals surface area contributed by atoms with Crippen LogP contribution in [0.2, 0.25) is 0 Å². The van der Waals surface area contributed by atoms with Gasteiger partial charge >= 0.3 is 0 Å². The van der Waals surface area contributed by atoms with Crippen LogP contribution in [-0.4, -0.2) is 35.7 Å². The number of benzene rings is 1. The lowest BCUT2D eigenvalue weighted by molar-refractivity contribution is 0.398. The second-order valence-corrected chi connectivity index (χ2v) is 5.40. The molecule has 2 heterocycles. The lowest BCUT2D eigenvalue weighted by Crippen LogP contribution is -2.06. The molecule has 128 valence electrons. The highest BCUT2D eigenvalue weighted by Crippen LogP contribution is 2.20. The molecule has 0 atom stereocenters. The Morgan fingerprint density at radius 3 is 2.44 bits per heavy atom. The molecule has 0 aliphatic heterocycles. The van der Waals surface area contributed by atoms with Crippen LogP contribution in [0.4, 0.5) is 5.82 Å². The quantitative estimate of drug-likeness (QED) is 0.714. The van der Waals surface area contributed by atoms with Gasteiger partial charge in [0.05, 0.1) is 19.9 Å². The second-order valence-electron chi connectivity index (χ2n) is 5.40. The fourth-order valence-corrected chi connectivity index (χ4v) is 2.39. The summed E-state index contributed by atoms with van der Waals surface area (Å²) in [6.45, 7) is 0.781. The maximum absolute atomic E-state index is 5.17. The van der Waals surface area contributed by atoms with E-state index in [0.717, 1.165) is 35.8 Å². The number of ether oxygens (including phenoxy) is 2. The summed E-state index contributed by atoms with van der Waals surface area (Å²) in [7, 11) is 3.26. The smallest absolute Gasteiger partial charge is 0.212 e. The molecule has 0 aliphatic carbocycles. The van der Waals surface area contributed by atoms with Crippen molar-refractivity contribution in [1.82, 2.24) is 15.0 Å². The molecule has 0 aliphatic rings. The monoisotopic (exact) mass is 336 g/mol. The molecule has 0 saturated carbocycles. The van der Waals surface area contributed by atoms with Crippen LogP contribution in [0.15, 0.2) is 55.0 Å². The maximum atomic E-state index is 5.17. The molecule has 2 aromatic heterocycles. The molecular weight excluding hydrogens is 316 g/mol. The Balaban J connectivity index is 1.60. The van der Waals surface area contributed by atoms with Crippen LogP contribution in [0.5, 0.6) is 11.6 Å². The van der Waals surface area contributed by atoms with Crippen molar-refractivity contribution < 1.29 is 9.47 Å². The van der Waals surface area contributed by atoms with Crippen molar-refractivity contribution in [2.24, 2.45) is 0 Å². The number of hydrogen-bond donors (Lipinski definition) is 1. The molecule has 6 nitrogen and oxygen atoms in total. The molecule has 25 heavy (non-hydrogen) atoms. The zero-order valence-electron chi connectivity index (χ0n) is 14.3. The zero-order valence-corrected chi connectivity index (χ0v) is 14.3. The molecule has 1 aromatic carbocycles. The number of hydrogen-bond acceptors (Lipinski definition) is 6. The van der Waals surface area contributed by atoms with E-state index in [9.17, 15) is 0 Å². The third-order valence-electron chi connectivity index (χ3n) is 3.79. The Hall–Kier alpha value is -3.15. The van der Waals surface area contributed by atoms with Gasteiger partial charge in [0.25, 0.3) is 0 Å². The van der Waals surface area contributed by atoms with Gasteiger partial charge in [-0.15, -0.1) is 0 Å². The van der Waals surface area contributed by atoms with Crippen molar-refractivity contribution in [1.29, 1.82) is 0 Å². The van der Waals surface area contributed by atoms with Gasteiger partial charge in [0.1, 0.15) is 17.9 Å². The minimum Gasteiger partial charge on any atom is -0.497 e. The highest BCUT2D eigenvalue weighted by molar-refractivity contribution is 5.61. The van der Waals surface area contributed by atoms with E-state index in [1.807, 2.05) is 30.3 Å². The number of aromatic nitrogens is 3. The van der Waals surface area contributed by atoms with Gasteiger partial charge in [-0.3, -0.25) is 0 Å². The van der Waals surface area contributed by atoms with E-state index < -0.39 is 0 Å². The van der Waals surface area contributed by atoms with Gasteiger partial charge in [-0.2, -0.15) is 0 Å². The molecule has 0 bridgehead atoms. The second kappa shape index (κ2) is 8.10. The Bertz CT molecular complexity index is 804. The van der Waals surface area contributed by atoms with E-state index in [4.69, 9.17) is 9.47 Å². The molecule has 0 fully saturated rings. The first-order chi connectivity index (χ1) is 12.3. The van der Waals surface area contributed by atoms with Crippen molar-refractivity contribution in [2.75, 3.05) is 26.1 Å². The van der Waals surface area contributed by atoms with Crippen LogP contribution in [0, 0.1) is 0 Å². The summed E-state index contributed by atoms with van der Waals surface area (Å²) >= 11 is 0. The van der Waals surface area contributed by atoms with Crippen LogP contribution in [0.25, 0.3) is 11.3 Å². The van der Waals surface area contributed by atoms with E-state index in [1.165, 1.54) is 5.56 Å². The average molecular weight is 336 g/mol. The topological polar surface area (TPSA) is 69.2 Å². The van der Waals surface area contributed by atoms with Crippen molar-refractivity contribution in [3.8, 4) is 22.9 Å². The van der Waals surface area contributed by atoms with Crippen LogP contribution in [-0.2, 0) is 6.42 Å². The third-order valence-corrected chi connectivity index (χ3v) is 3.79. The van der Waals surface area contributed by atoms with E-state index in [1.54, 1.807) is 26.7 Å². The van der Waals surface area contributed by atoms with Gasteiger partial charge in [-0.25, -0.2) is 15.0 Å². The molecule has 0 saturated heterocycles. The molecule has 3 rings (SSSR count). The van der Waals surface area contributed by atoms with Gasteiger partial charge in [0.15, 0.2) is 0 Å². The predicted octanol–water partition coefficient (Wildman–Crippen LogP) is 3.21. The van der Waals surface area contributed by atoms with Crippen molar-refractivity contribution in [3.63, 3.8) is 0 Å². The first-order valence-electron chi connectivity index (χ1n) is 7.98. The summed E-state index contributed by atoms with van der Waals surface area (Å²) in [5.74, 6) is 2.23. The lowest BCUT2D eigenvalue weighted by Gasteiger charge is -2.08. The summed E-state index contributed by atoms with van der Waals surface area (Å²) in [6, 6.07) is 13.7. The third kappa shape index (κ3) is 4.44. The Morgan fingerprint density at radius 1 is 0.920 bits per heavy atom. The van der Waals surface area contributed by atoms with Crippen LogP contribution >= 0.6 is 0 Å². The van der Waals surface area contributed by atoms with Gasteiger partial charge in [0.2, 0.25) is 5.88 Å². The lowest BCUT2D eigenvalue weighted by atomic mass is 10.1. The number of anilines is 1. The van der Waals surface area contributed by atoms with E-state index in [-0.39, 0.29) is 0 Å². The largest absolute Gasteiger partial charge is 0.497 e. The molecule has 0 radical (unpaired) electrons. The Kier molecular flexibility index (Phi) is 5.41. The summed E-state index contributed by atoms with van der Waals surface area (Å²) in [6.07, 6.45) is 4.19. The van der Waals surface area contributed by atoms with E-state index in [0.29, 0.717) is 5.88 Å². The van der Waals surface area contributed by atoms with Crippen LogP contribution in [0.3, 0.4) is 0 Å². The highest BCUT2D eigenvalue weighted by atomic mass is 16.5. The standard InChI is InChI=1S/C19H20N4O2/c1-24-16-6-3-14(4-7-16)9-10-20-18-11-17(22-13-23-18)15-5-8-19(25-2)21-12-15/h3-8,11-13H,9-10H2,1-2H3,(H,20,22,23). The normalized spacial score (nSPS) is 10.3. The fourth-order valence-electron chi connectivity index (χ4n) is 2.39. The predicted molar refractivity (Wildman–Crippen MR) is 97.0 cm³/mol. The number of rotatable bonds is 7. The minimum atomic E-state index is 0.579. The van der Waals surface area contributed by atoms with Crippen LogP contribution < -0.4 is 14.8 Å².